The number of fused-ring (bicyclic) bond motifs is 2. The van der Waals surface area contributed by atoms with E-state index in [0.717, 1.165) is 17.2 Å². The first-order valence-electron chi connectivity index (χ1n) is 10.4. The molecule has 2 N–H and O–H groups in total. The zero-order chi connectivity index (χ0) is 22.8. The summed E-state index contributed by atoms with van der Waals surface area (Å²) < 4.78 is 21.1. The van der Waals surface area contributed by atoms with Gasteiger partial charge in [0.2, 0.25) is 0 Å². The van der Waals surface area contributed by atoms with Gasteiger partial charge in [-0.1, -0.05) is 43.0 Å². The Balaban J connectivity index is 1.43. The molecule has 0 heterocycles. The molecule has 0 aliphatic heterocycles. The van der Waals surface area contributed by atoms with Crippen LogP contribution in [-0.2, 0) is 31.8 Å². The van der Waals surface area contributed by atoms with Crippen molar-refractivity contribution in [1.29, 1.82) is 0 Å². The van der Waals surface area contributed by atoms with Crippen molar-refractivity contribution in [1.82, 2.24) is 5.32 Å². The maximum atomic E-state index is 12.4. The predicted octanol–water partition coefficient (Wildman–Crippen LogP) is 3.05. The summed E-state index contributed by atoms with van der Waals surface area (Å²) in [4.78, 5) is 23.2. The molecule has 2 aromatic carbocycles. The van der Waals surface area contributed by atoms with E-state index in [2.05, 4.69) is 11.9 Å². The minimum Gasteiger partial charge on any atom is -0.507 e. The third-order valence-corrected chi connectivity index (χ3v) is 4.88. The molecule has 0 bridgehead atoms. The number of carbonyl (C=O) groups excluding carboxylic acids is 2. The Bertz CT molecular complexity index is 999. The van der Waals surface area contributed by atoms with Gasteiger partial charge in [-0.05, 0) is 12.8 Å². The average molecular weight is 441 g/mol. The molecule has 0 fully saturated rings. The maximum absolute atomic E-state index is 12.4. The highest BCUT2D eigenvalue weighted by Crippen LogP contribution is 2.42. The Labute approximate surface area is 186 Å². The summed E-state index contributed by atoms with van der Waals surface area (Å²) in [5.41, 5.74) is 1.61. The lowest BCUT2D eigenvalue weighted by Crippen LogP contribution is -2.30. The second kappa shape index (κ2) is 11.9. The molecular weight excluding hydrogens is 414 g/mol. The zero-order valence-electron chi connectivity index (χ0n) is 17.8. The van der Waals surface area contributed by atoms with Crippen LogP contribution >= 0.6 is 0 Å². The van der Waals surface area contributed by atoms with Gasteiger partial charge in [-0.3, -0.25) is 0 Å². The second-order valence-electron chi connectivity index (χ2n) is 6.97. The molecule has 32 heavy (non-hydrogen) atoms. The van der Waals surface area contributed by atoms with Crippen LogP contribution in [0.4, 0.5) is 4.79 Å². The van der Waals surface area contributed by atoms with Crippen LogP contribution < -0.4 is 10.1 Å². The molecule has 2 aromatic rings. The monoisotopic (exact) mass is 441 g/mol. The van der Waals surface area contributed by atoms with Crippen molar-refractivity contribution in [3.63, 3.8) is 0 Å². The number of hydrogen-bond donors (Lipinski definition) is 2. The molecular formula is C24H27NO7. The summed E-state index contributed by atoms with van der Waals surface area (Å²) in [7, 11) is 0. The van der Waals surface area contributed by atoms with Crippen LogP contribution in [0.3, 0.4) is 0 Å². The van der Waals surface area contributed by atoms with E-state index in [4.69, 9.17) is 18.9 Å². The van der Waals surface area contributed by atoms with Crippen molar-refractivity contribution in [2.45, 2.75) is 12.8 Å². The van der Waals surface area contributed by atoms with E-state index in [1.165, 1.54) is 0 Å². The predicted molar refractivity (Wildman–Crippen MR) is 119 cm³/mol. The molecule has 1 aliphatic rings. The average Bonchev–Trinajstić information content (AvgIpc) is 2.82. The highest BCUT2D eigenvalue weighted by Gasteiger charge is 2.22. The molecule has 0 saturated carbocycles. The smallest absolute Gasteiger partial charge is 0.412 e. The molecule has 1 amide bonds. The van der Waals surface area contributed by atoms with E-state index >= 15 is 0 Å². The van der Waals surface area contributed by atoms with Crippen LogP contribution in [0.1, 0.15) is 11.1 Å². The van der Waals surface area contributed by atoms with Crippen molar-refractivity contribution in [3.05, 3.63) is 60.2 Å². The Morgan fingerprint density at radius 3 is 2.38 bits per heavy atom. The number of carbonyl (C=O) groups is 2. The van der Waals surface area contributed by atoms with E-state index in [1.807, 2.05) is 36.4 Å². The van der Waals surface area contributed by atoms with E-state index in [-0.39, 0.29) is 25.5 Å². The largest absolute Gasteiger partial charge is 0.507 e. The van der Waals surface area contributed by atoms with Crippen LogP contribution in [0.2, 0.25) is 0 Å². The molecule has 0 radical (unpaired) electrons. The Kier molecular flexibility index (Phi) is 8.65. The van der Waals surface area contributed by atoms with Crippen molar-refractivity contribution in [2.24, 2.45) is 0 Å². The fourth-order valence-corrected chi connectivity index (χ4v) is 3.38. The Morgan fingerprint density at radius 1 is 0.969 bits per heavy atom. The second-order valence-corrected chi connectivity index (χ2v) is 6.97. The minimum absolute atomic E-state index is 0.156. The highest BCUT2D eigenvalue weighted by molar-refractivity contribution is 5.97. The first kappa shape index (κ1) is 23.3. The fraction of sp³-hybridized carbons (Fsp3) is 0.333. The van der Waals surface area contributed by atoms with Gasteiger partial charge in [0.05, 0.1) is 26.4 Å². The van der Waals surface area contributed by atoms with Gasteiger partial charge in [0.1, 0.15) is 18.1 Å². The minimum atomic E-state index is -0.582. The molecule has 0 unspecified atom stereocenters. The maximum Gasteiger partial charge on any atom is 0.412 e. The molecule has 0 aromatic heterocycles. The van der Waals surface area contributed by atoms with Crippen LogP contribution in [-0.4, -0.2) is 56.7 Å². The molecule has 0 saturated heterocycles. The zero-order valence-corrected chi connectivity index (χ0v) is 17.8. The summed E-state index contributed by atoms with van der Waals surface area (Å²) in [6.07, 6.45) is 5.69. The number of aromatic hydroxyl groups is 1. The summed E-state index contributed by atoms with van der Waals surface area (Å²) in [5, 5.41) is 14.7. The number of allylic oxidation sites excluding steroid dienone is 2. The van der Waals surface area contributed by atoms with Gasteiger partial charge in [-0.2, -0.15) is 0 Å². The molecule has 0 atom stereocenters. The number of amides is 1. The number of ether oxygens (including phenoxy) is 4. The highest BCUT2D eigenvalue weighted by atomic mass is 16.6. The summed E-state index contributed by atoms with van der Waals surface area (Å²) >= 11 is 0. The molecule has 8 nitrogen and oxygen atoms in total. The lowest BCUT2D eigenvalue weighted by Gasteiger charge is -2.20. The van der Waals surface area contributed by atoms with Crippen molar-refractivity contribution >= 4 is 22.8 Å². The van der Waals surface area contributed by atoms with Crippen molar-refractivity contribution < 1.29 is 33.6 Å². The molecule has 8 heteroatoms. The van der Waals surface area contributed by atoms with Gasteiger partial charge in [-0.15, -0.1) is 0 Å². The first-order chi connectivity index (χ1) is 15.6. The number of hydrogen-bond acceptors (Lipinski definition) is 7. The quantitative estimate of drug-likeness (QED) is 0.239. The van der Waals surface area contributed by atoms with Gasteiger partial charge < -0.3 is 29.4 Å². The van der Waals surface area contributed by atoms with Gasteiger partial charge in [0.25, 0.3) is 0 Å². The summed E-state index contributed by atoms with van der Waals surface area (Å²) in [6.45, 7) is 4.98. The Hall–Kier alpha value is -3.36. The van der Waals surface area contributed by atoms with Crippen LogP contribution in [0.25, 0.3) is 10.8 Å². The van der Waals surface area contributed by atoms with Gasteiger partial charge in [0, 0.05) is 34.5 Å². The standard InChI is InChI=1S/C24H27NO7/c1-2-21(26)31-16-15-30-14-13-29-12-11-25-24(28)32-23-19-9-5-3-7-17(19)22(27)18-8-4-6-10-20(18)23/h2-7,9,27H,1,8,10-16H2,(H,25,28). The summed E-state index contributed by atoms with van der Waals surface area (Å²) in [5.74, 6) is 0.226. The fourth-order valence-electron chi connectivity index (χ4n) is 3.38. The number of nitrogens with one attached hydrogen (secondary N) is 1. The van der Waals surface area contributed by atoms with E-state index in [1.54, 1.807) is 0 Å². The normalized spacial score (nSPS) is 12.2. The number of phenols is 1. The first-order valence-corrected chi connectivity index (χ1v) is 10.4. The van der Waals surface area contributed by atoms with Gasteiger partial charge >= 0.3 is 12.1 Å². The Morgan fingerprint density at radius 2 is 1.62 bits per heavy atom. The number of esters is 1. The molecule has 1 aliphatic carbocycles. The van der Waals surface area contributed by atoms with E-state index in [9.17, 15) is 14.7 Å². The van der Waals surface area contributed by atoms with Crippen LogP contribution in [0, 0.1) is 0 Å². The third kappa shape index (κ3) is 6.09. The van der Waals surface area contributed by atoms with Crippen LogP contribution in [0.5, 0.6) is 11.5 Å². The SMILES string of the molecule is C=CC(=O)OCCOCCOCCNC(=O)Oc1c2c(c(O)c3ccccc13)CC=CC2. The van der Waals surface area contributed by atoms with Crippen molar-refractivity contribution in [3.8, 4) is 11.5 Å². The lowest BCUT2D eigenvalue weighted by atomic mass is 9.91. The van der Waals surface area contributed by atoms with Crippen LogP contribution in [0.15, 0.2) is 49.1 Å². The van der Waals surface area contributed by atoms with Crippen molar-refractivity contribution in [2.75, 3.05) is 39.6 Å². The number of phenolic OH excluding ortho intramolecular Hbond substituents is 1. The van der Waals surface area contributed by atoms with Gasteiger partial charge in [-0.25, -0.2) is 9.59 Å². The molecule has 0 spiro atoms. The van der Waals surface area contributed by atoms with E-state index in [0.29, 0.717) is 49.2 Å². The molecule has 3 rings (SSSR count). The number of rotatable bonds is 11. The van der Waals surface area contributed by atoms with E-state index < -0.39 is 12.1 Å². The van der Waals surface area contributed by atoms with Gasteiger partial charge in [0.15, 0.2) is 0 Å². The number of benzene rings is 2. The third-order valence-electron chi connectivity index (χ3n) is 4.88. The summed E-state index contributed by atoms with van der Waals surface area (Å²) in [6, 6.07) is 7.33. The topological polar surface area (TPSA) is 103 Å². The lowest BCUT2D eigenvalue weighted by molar-refractivity contribution is -0.139. The molecule has 170 valence electrons.